The van der Waals surface area contributed by atoms with Crippen LogP contribution < -0.4 is 10.7 Å². The van der Waals surface area contributed by atoms with Crippen LogP contribution in [0, 0.1) is 17.5 Å². The van der Waals surface area contributed by atoms with E-state index in [2.05, 4.69) is 5.32 Å². The number of hydrogen-bond acceptors (Lipinski definition) is 4. The van der Waals surface area contributed by atoms with Gasteiger partial charge in [-0.15, -0.1) is 0 Å². The third kappa shape index (κ3) is 2.78. The van der Waals surface area contributed by atoms with Gasteiger partial charge in [-0.3, -0.25) is 14.4 Å². The van der Waals surface area contributed by atoms with Gasteiger partial charge in [0, 0.05) is 36.5 Å². The summed E-state index contributed by atoms with van der Waals surface area (Å²) in [5, 5.41) is 12.8. The van der Waals surface area contributed by atoms with Gasteiger partial charge in [-0.1, -0.05) is 0 Å². The highest BCUT2D eigenvalue weighted by molar-refractivity contribution is 6.00. The average molecular weight is 447 g/mol. The van der Waals surface area contributed by atoms with Crippen LogP contribution >= 0.6 is 0 Å². The summed E-state index contributed by atoms with van der Waals surface area (Å²) in [6, 6.07) is -0.149. The van der Waals surface area contributed by atoms with Crippen molar-refractivity contribution < 1.29 is 27.9 Å². The first kappa shape index (κ1) is 20.6. The Balaban J connectivity index is 1.50. The minimum atomic E-state index is -1.23. The first-order valence-electron chi connectivity index (χ1n) is 10.4. The van der Waals surface area contributed by atoms with E-state index < -0.39 is 63.2 Å². The van der Waals surface area contributed by atoms with Gasteiger partial charge in [0.2, 0.25) is 5.43 Å². The number of carbonyl (C=O) groups is 2. The maximum atomic E-state index is 14.1. The van der Waals surface area contributed by atoms with Gasteiger partial charge in [-0.05, 0) is 32.6 Å². The number of fused-ring (bicyclic) bond motifs is 1. The molecule has 1 atom stereocenters. The molecule has 168 valence electrons. The number of aromatic nitrogens is 1. The summed E-state index contributed by atoms with van der Waals surface area (Å²) >= 11 is 0. The molecule has 2 saturated heterocycles. The molecule has 2 N–H and O–H groups in total. The van der Waals surface area contributed by atoms with E-state index in [9.17, 15) is 32.7 Å². The molecule has 2 bridgehead atoms. The fraction of sp³-hybridized carbons (Fsp3) is 0.409. The zero-order valence-electron chi connectivity index (χ0n) is 17.1. The molecule has 0 unspecified atom stereocenters. The van der Waals surface area contributed by atoms with E-state index in [4.69, 9.17) is 0 Å². The van der Waals surface area contributed by atoms with E-state index >= 15 is 0 Å². The Morgan fingerprint density at radius 1 is 1.19 bits per heavy atom. The molecule has 0 spiro atoms. The average Bonchev–Trinajstić information content (AvgIpc) is 3.25. The van der Waals surface area contributed by atoms with Crippen molar-refractivity contribution in [3.63, 3.8) is 0 Å². The maximum Gasteiger partial charge on any atom is 0.275 e. The summed E-state index contributed by atoms with van der Waals surface area (Å²) in [6.45, 7) is 1.63. The molecule has 10 heteroatoms. The molecule has 3 aliphatic rings. The zero-order chi connectivity index (χ0) is 22.9. The summed E-state index contributed by atoms with van der Waals surface area (Å²) in [5.74, 6) is -5.68. The minimum Gasteiger partial charge on any atom is -0.503 e. The van der Waals surface area contributed by atoms with Crippen LogP contribution in [0.1, 0.15) is 65.1 Å². The number of hydrogen-bond donors (Lipinski definition) is 2. The number of aromatic hydroxyl groups is 1. The predicted molar refractivity (Wildman–Crippen MR) is 106 cm³/mol. The van der Waals surface area contributed by atoms with Crippen molar-refractivity contribution in [2.45, 2.75) is 56.8 Å². The number of pyridine rings is 1. The van der Waals surface area contributed by atoms with Crippen LogP contribution in [0.3, 0.4) is 0 Å². The molecule has 4 heterocycles. The number of nitrogens with zero attached hydrogens (tertiary/aromatic N) is 2. The highest BCUT2D eigenvalue weighted by atomic mass is 19.1. The van der Waals surface area contributed by atoms with Gasteiger partial charge in [0.05, 0.1) is 11.6 Å². The topological polar surface area (TPSA) is 91.6 Å². The van der Waals surface area contributed by atoms with Crippen molar-refractivity contribution >= 4 is 11.8 Å². The molecule has 3 aliphatic heterocycles. The fourth-order valence-corrected chi connectivity index (χ4v) is 5.55. The Morgan fingerprint density at radius 2 is 1.81 bits per heavy atom. The normalized spacial score (nSPS) is 24.3. The van der Waals surface area contributed by atoms with Gasteiger partial charge in [0.15, 0.2) is 11.4 Å². The predicted octanol–water partition coefficient (Wildman–Crippen LogP) is 2.61. The highest BCUT2D eigenvalue weighted by Gasteiger charge is 2.57. The first-order valence-corrected chi connectivity index (χ1v) is 10.4. The molecule has 2 fully saturated rings. The number of benzene rings is 1. The molecule has 1 aromatic heterocycles. The van der Waals surface area contributed by atoms with E-state index in [0.717, 1.165) is 25.7 Å². The second-order valence-electron chi connectivity index (χ2n) is 8.81. The maximum absolute atomic E-state index is 14.1. The summed E-state index contributed by atoms with van der Waals surface area (Å²) in [6.07, 6.45) is 4.52. The largest absolute Gasteiger partial charge is 0.503 e. The van der Waals surface area contributed by atoms with Crippen molar-refractivity contribution in [1.29, 1.82) is 0 Å². The molecule has 32 heavy (non-hydrogen) atoms. The molecule has 0 radical (unpaired) electrons. The third-order valence-corrected chi connectivity index (χ3v) is 6.97. The molecule has 0 aliphatic carbocycles. The van der Waals surface area contributed by atoms with Crippen molar-refractivity contribution in [1.82, 2.24) is 14.8 Å². The Kier molecular flexibility index (Phi) is 4.41. The van der Waals surface area contributed by atoms with E-state index in [-0.39, 0.29) is 11.7 Å². The molecule has 2 aromatic rings. The quantitative estimate of drug-likeness (QED) is 0.757. The Labute approximate surface area is 180 Å². The third-order valence-electron chi connectivity index (χ3n) is 6.97. The number of halogens is 3. The lowest BCUT2D eigenvalue weighted by Crippen LogP contribution is -2.53. The standard InChI is InChI=1S/C22H20F3N3O4/c1-10(16-14(24)6-11(23)7-15(16)25)26-20(31)13-8-27-9-22-4-2-12(3-5-22)28(22)21(32)17(27)19(30)18(13)29/h6-8,10,12,30H,2-5,9H2,1H3,(H,26,31)/t10-,12?,22?/m1/s1. The van der Waals surface area contributed by atoms with Crippen LogP contribution in [0.15, 0.2) is 23.1 Å². The van der Waals surface area contributed by atoms with Crippen molar-refractivity contribution in [3.8, 4) is 5.75 Å². The lowest BCUT2D eigenvalue weighted by Gasteiger charge is -2.41. The molecular formula is C22H20F3N3O4. The first-order chi connectivity index (χ1) is 15.1. The summed E-state index contributed by atoms with van der Waals surface area (Å²) < 4.78 is 42.7. The number of carbonyl (C=O) groups excluding carboxylic acids is 2. The van der Waals surface area contributed by atoms with Crippen LogP contribution in [0.4, 0.5) is 13.2 Å². The smallest absolute Gasteiger partial charge is 0.275 e. The minimum absolute atomic E-state index is 0.0927. The van der Waals surface area contributed by atoms with Crippen LogP contribution in [0.2, 0.25) is 0 Å². The SMILES string of the molecule is C[C@@H](NC(=O)c1cn2c(c(O)c1=O)C(=O)N1C3CCC1(CC3)C2)c1c(F)cc(F)cc1F. The lowest BCUT2D eigenvalue weighted by atomic mass is 9.86. The van der Waals surface area contributed by atoms with E-state index in [1.165, 1.54) is 17.7 Å². The molecule has 1 aromatic carbocycles. The van der Waals surface area contributed by atoms with Crippen LogP contribution in [0.5, 0.6) is 5.75 Å². The lowest BCUT2D eigenvalue weighted by molar-refractivity contribution is 0.0490. The summed E-state index contributed by atoms with van der Waals surface area (Å²) in [5.41, 5.74) is -2.60. The van der Waals surface area contributed by atoms with Crippen LogP contribution in [-0.2, 0) is 6.54 Å². The van der Waals surface area contributed by atoms with E-state index in [1.807, 2.05) is 0 Å². The van der Waals surface area contributed by atoms with Crippen molar-refractivity contribution in [3.05, 3.63) is 62.8 Å². The van der Waals surface area contributed by atoms with Gasteiger partial charge >= 0.3 is 0 Å². The highest BCUT2D eigenvalue weighted by Crippen LogP contribution is 2.50. The van der Waals surface area contributed by atoms with Crippen molar-refractivity contribution in [2.75, 3.05) is 0 Å². The molecule has 7 nitrogen and oxygen atoms in total. The van der Waals surface area contributed by atoms with Gasteiger partial charge in [-0.25, -0.2) is 13.2 Å². The van der Waals surface area contributed by atoms with Crippen LogP contribution in [0.25, 0.3) is 0 Å². The second kappa shape index (κ2) is 6.85. The number of nitrogens with one attached hydrogen (secondary N) is 1. The fourth-order valence-electron chi connectivity index (χ4n) is 5.55. The zero-order valence-corrected chi connectivity index (χ0v) is 17.1. The van der Waals surface area contributed by atoms with Crippen LogP contribution in [-0.4, -0.2) is 38.0 Å². The number of rotatable bonds is 3. The second-order valence-corrected chi connectivity index (χ2v) is 8.81. The molecule has 2 amide bonds. The Morgan fingerprint density at radius 3 is 2.44 bits per heavy atom. The molecule has 5 rings (SSSR count). The van der Waals surface area contributed by atoms with Gasteiger partial charge in [0.1, 0.15) is 23.0 Å². The van der Waals surface area contributed by atoms with Gasteiger partial charge < -0.3 is 19.9 Å². The molecular weight excluding hydrogens is 427 g/mol. The van der Waals surface area contributed by atoms with E-state index in [0.29, 0.717) is 18.7 Å². The summed E-state index contributed by atoms with van der Waals surface area (Å²) in [4.78, 5) is 40.3. The monoisotopic (exact) mass is 447 g/mol. The van der Waals surface area contributed by atoms with Gasteiger partial charge in [-0.2, -0.15) is 0 Å². The summed E-state index contributed by atoms with van der Waals surface area (Å²) in [7, 11) is 0. The number of amides is 2. The van der Waals surface area contributed by atoms with E-state index in [1.54, 1.807) is 4.90 Å². The Bertz CT molecular complexity index is 1210. The van der Waals surface area contributed by atoms with Crippen molar-refractivity contribution in [2.24, 2.45) is 0 Å². The Hall–Kier alpha value is -3.30. The van der Waals surface area contributed by atoms with Gasteiger partial charge in [0.25, 0.3) is 11.8 Å². The molecule has 0 saturated carbocycles.